The van der Waals surface area contributed by atoms with Crippen molar-refractivity contribution in [2.24, 2.45) is 43.3 Å². The molecule has 0 aromatic carbocycles. The van der Waals surface area contributed by atoms with Crippen LogP contribution in [0.3, 0.4) is 0 Å². The van der Waals surface area contributed by atoms with Crippen LogP contribution in [0, 0.1) is 43.3 Å². The predicted octanol–water partition coefficient (Wildman–Crippen LogP) is 7.82. The first kappa shape index (κ1) is 79.5. The fourth-order valence-corrected chi connectivity index (χ4v) is 12.0. The number of hydrogen-bond donors (Lipinski definition) is 6. The zero-order chi connectivity index (χ0) is 65.2. The van der Waals surface area contributed by atoms with Crippen LogP contribution in [0.15, 0.2) is 0 Å². The van der Waals surface area contributed by atoms with E-state index in [0.717, 1.165) is 0 Å². The van der Waals surface area contributed by atoms with Gasteiger partial charge in [-0.2, -0.15) is 0 Å². The van der Waals surface area contributed by atoms with E-state index < -0.39 is 197 Å². The molecule has 0 radical (unpaired) electrons. The van der Waals surface area contributed by atoms with E-state index in [1.165, 1.54) is 83.1 Å². The number of ether oxygens (including phenoxy) is 7. The van der Waals surface area contributed by atoms with Gasteiger partial charge in [-0.3, -0.25) is 57.5 Å². The summed E-state index contributed by atoms with van der Waals surface area (Å²) in [4.78, 5) is 148. The first-order chi connectivity index (χ1) is 37.4. The maximum absolute atomic E-state index is 14.0. The number of aliphatic carboxylic acids is 6. The van der Waals surface area contributed by atoms with Crippen LogP contribution in [-0.4, -0.2) is 184 Å². The molecule has 31 heteroatoms. The van der Waals surface area contributed by atoms with Gasteiger partial charge in [-0.25, -0.2) is 0 Å². The molecular weight excluding hydrogens is 1500 g/mol. The number of alkyl halides is 6. The van der Waals surface area contributed by atoms with E-state index in [-0.39, 0.29) is 38.5 Å². The third kappa shape index (κ3) is 27.0. The second-order valence-corrected chi connectivity index (χ2v) is 30.9. The Morgan fingerprint density at radius 3 is 0.494 bits per heavy atom. The summed E-state index contributed by atoms with van der Waals surface area (Å²) in [5, 5.41) is 57.9. The Labute approximate surface area is 531 Å². The van der Waals surface area contributed by atoms with E-state index in [1.807, 2.05) is 0 Å². The first-order valence-electron chi connectivity index (χ1n) is 25.3. The highest BCUT2D eigenvalue weighted by atomic mass is 79.9. The van der Waals surface area contributed by atoms with Gasteiger partial charge in [0.05, 0.1) is 56.5 Å². The Bertz CT molecular complexity index is 1950. The minimum atomic E-state index is -2.09. The third-order valence-electron chi connectivity index (χ3n) is 12.9. The number of carboxylic acid groups (broad SMARTS) is 6. The summed E-state index contributed by atoms with van der Waals surface area (Å²) in [6.07, 6.45) is -2.08. The van der Waals surface area contributed by atoms with Gasteiger partial charge in [-0.1, -0.05) is 95.6 Å². The van der Waals surface area contributed by atoms with Gasteiger partial charge in [0, 0.05) is 0 Å². The molecular formula is C52H76Br6O25. The largest absolute Gasteiger partial charge is 0.480 e. The molecule has 0 fully saturated rings. The lowest BCUT2D eigenvalue weighted by Crippen LogP contribution is -2.49. The van der Waals surface area contributed by atoms with Crippen LogP contribution in [0.4, 0.5) is 0 Å². The van der Waals surface area contributed by atoms with Crippen LogP contribution in [0.25, 0.3) is 0 Å². The second kappa shape index (κ2) is 33.0. The normalized spacial score (nSPS) is 16.1. The average Bonchev–Trinajstić information content (AvgIpc) is 3.34. The van der Waals surface area contributed by atoms with Crippen molar-refractivity contribution < 1.29 is 121 Å². The Morgan fingerprint density at radius 1 is 0.265 bits per heavy atom. The van der Waals surface area contributed by atoms with Crippen LogP contribution in [0.1, 0.15) is 122 Å². The highest BCUT2D eigenvalue weighted by Crippen LogP contribution is 2.37. The first-order valence-corrected chi connectivity index (χ1v) is 30.8. The molecule has 0 amide bonds. The number of hydrogen-bond acceptors (Lipinski definition) is 19. The minimum Gasteiger partial charge on any atom is -0.480 e. The van der Waals surface area contributed by atoms with Crippen molar-refractivity contribution in [1.82, 2.24) is 0 Å². The summed E-state index contributed by atoms with van der Waals surface area (Å²) in [7, 11) is 0. The molecule has 0 rings (SSSR count). The quantitative estimate of drug-likeness (QED) is 0.0193. The highest BCUT2D eigenvalue weighted by molar-refractivity contribution is 9.10. The Morgan fingerprint density at radius 2 is 0.386 bits per heavy atom. The number of halogens is 6. The predicted molar refractivity (Wildman–Crippen MR) is 314 cm³/mol. The molecule has 0 aromatic rings. The molecule has 0 spiro atoms. The SMILES string of the molecule is CC(C)(CC(Br)C(=O)O)C(=O)OCC(COCC(COC(=O)C(C)(C)CC(Br)C(=O)O)(COC(=O)C(C)(C)CC(Br)C(=O)O)COC(=O)C(C)(C)CC(Br)C(=O)O)(COC(=O)C(C)(C)CC(Br)C(=O)O)COC(=O)C(C)(C)CC(Br)C(=O)O. The third-order valence-corrected chi connectivity index (χ3v) is 17.2. The monoisotopic (exact) mass is 1570 g/mol. The molecule has 0 aromatic heterocycles. The van der Waals surface area contributed by atoms with Crippen molar-refractivity contribution in [1.29, 1.82) is 0 Å². The topological polar surface area (TPSA) is 391 Å². The number of carboxylic acids is 6. The molecule has 0 heterocycles. The minimum absolute atomic E-state index is 0.347. The van der Waals surface area contributed by atoms with Gasteiger partial charge in [0.2, 0.25) is 0 Å². The molecule has 83 heavy (non-hydrogen) atoms. The van der Waals surface area contributed by atoms with Gasteiger partial charge < -0.3 is 63.8 Å². The lowest BCUT2D eigenvalue weighted by atomic mass is 9.86. The van der Waals surface area contributed by atoms with Gasteiger partial charge in [-0.05, 0) is 122 Å². The van der Waals surface area contributed by atoms with Crippen molar-refractivity contribution in [3.63, 3.8) is 0 Å². The van der Waals surface area contributed by atoms with Gasteiger partial charge in [0.25, 0.3) is 0 Å². The van der Waals surface area contributed by atoms with Gasteiger partial charge in [0.15, 0.2) is 0 Å². The zero-order valence-electron chi connectivity index (χ0n) is 48.1. The molecule has 0 bridgehead atoms. The van der Waals surface area contributed by atoms with Crippen LogP contribution >= 0.6 is 95.6 Å². The average molecular weight is 1580 g/mol. The standard InChI is InChI=1S/C52H76Br6O25/c1-45(2,13-27(53)33(59)60)39(71)78-21-51(22-79-40(72)46(3,4)14-28(54)34(61)62,23-80-41(73)47(5,6)15-29(55)35(63)64)19-77-20-52(24-81-42(74)48(7,8)16-30(56)36(65)66,25-82-43(75)49(9,10)17-31(57)37(67)68)26-83-44(76)50(11,12)18-32(58)38(69)70/h27-32H,13-26H2,1-12H3,(H,59,60)(H,61,62)(H,63,64)(H,65,66)(H,67,68)(H,69,70). The molecule has 6 N–H and O–H groups in total. The van der Waals surface area contributed by atoms with E-state index in [4.69, 9.17) is 33.2 Å². The van der Waals surface area contributed by atoms with Crippen molar-refractivity contribution in [2.75, 3.05) is 52.9 Å². The molecule has 0 saturated carbocycles. The molecule has 0 aliphatic carbocycles. The maximum atomic E-state index is 14.0. The summed E-state index contributed by atoms with van der Waals surface area (Å²) in [5.74, 6) is -14.2. The molecule has 0 aliphatic heterocycles. The molecule has 476 valence electrons. The van der Waals surface area contributed by atoms with E-state index >= 15 is 0 Å². The summed E-state index contributed by atoms with van der Waals surface area (Å²) < 4.78 is 41.4. The van der Waals surface area contributed by atoms with Crippen LogP contribution in [0.2, 0.25) is 0 Å². The van der Waals surface area contributed by atoms with Crippen molar-refractivity contribution in [3.8, 4) is 0 Å². The van der Waals surface area contributed by atoms with Crippen LogP contribution in [-0.2, 0) is 90.7 Å². The smallest absolute Gasteiger partial charge is 0.317 e. The molecule has 25 nitrogen and oxygen atoms in total. The maximum Gasteiger partial charge on any atom is 0.317 e. The Hall–Kier alpha value is -3.52. The molecule has 6 atom stereocenters. The number of carbonyl (C=O) groups excluding carboxylic acids is 6. The van der Waals surface area contributed by atoms with Crippen molar-refractivity contribution >= 4 is 167 Å². The Balaban J connectivity index is 8.52. The van der Waals surface area contributed by atoms with E-state index in [2.05, 4.69) is 95.6 Å². The molecule has 6 unspecified atom stereocenters. The van der Waals surface area contributed by atoms with Gasteiger partial charge in [0.1, 0.15) is 68.6 Å². The lowest BCUT2D eigenvalue weighted by molar-refractivity contribution is -0.185. The number of rotatable bonds is 40. The van der Waals surface area contributed by atoms with Crippen LogP contribution in [0.5, 0.6) is 0 Å². The van der Waals surface area contributed by atoms with Crippen molar-refractivity contribution in [2.45, 2.75) is 151 Å². The Kier molecular flexibility index (Phi) is 31.6. The van der Waals surface area contributed by atoms with Gasteiger partial charge >= 0.3 is 71.6 Å². The summed E-state index contributed by atoms with van der Waals surface area (Å²) in [5.41, 5.74) is -13.7. The second-order valence-electron chi connectivity index (χ2n) is 24.3. The molecule has 0 saturated heterocycles. The fraction of sp³-hybridized carbons (Fsp3) is 0.769. The van der Waals surface area contributed by atoms with Gasteiger partial charge in [-0.15, -0.1) is 0 Å². The number of esters is 6. The van der Waals surface area contributed by atoms with E-state index in [1.54, 1.807) is 0 Å². The number of carbonyl (C=O) groups is 12. The van der Waals surface area contributed by atoms with Crippen LogP contribution < -0.4 is 0 Å². The van der Waals surface area contributed by atoms with E-state index in [0.29, 0.717) is 0 Å². The summed E-state index contributed by atoms with van der Waals surface area (Å²) in [6.45, 7) is 9.13. The lowest BCUT2D eigenvalue weighted by Gasteiger charge is -2.38. The zero-order valence-corrected chi connectivity index (χ0v) is 57.6. The fourth-order valence-electron chi connectivity index (χ4n) is 7.18. The summed E-state index contributed by atoms with van der Waals surface area (Å²) in [6, 6.07) is 0. The molecule has 0 aliphatic rings. The summed E-state index contributed by atoms with van der Waals surface area (Å²) >= 11 is 18.1. The van der Waals surface area contributed by atoms with Crippen molar-refractivity contribution in [3.05, 3.63) is 0 Å². The highest BCUT2D eigenvalue weighted by Gasteiger charge is 2.47. The van der Waals surface area contributed by atoms with E-state index in [9.17, 15) is 88.2 Å².